The number of nitro benzene ring substituents is 1. The summed E-state index contributed by atoms with van der Waals surface area (Å²) in [5, 5.41) is 11.9. The van der Waals surface area contributed by atoms with Crippen molar-refractivity contribution < 1.29 is 23.9 Å². The number of hydrogen-bond acceptors (Lipinski definition) is 12. The van der Waals surface area contributed by atoms with Crippen LogP contribution in [0.1, 0.15) is 36.7 Å². The van der Waals surface area contributed by atoms with E-state index in [0.717, 1.165) is 23.1 Å². The molecule has 45 heavy (non-hydrogen) atoms. The molecule has 15 heteroatoms. The molecule has 2 aromatic carbocycles. The molecule has 4 aromatic rings. The summed E-state index contributed by atoms with van der Waals surface area (Å²) in [5.41, 5.74) is 0.966. The van der Waals surface area contributed by atoms with Crippen molar-refractivity contribution in [2.75, 3.05) is 20.8 Å². The van der Waals surface area contributed by atoms with Crippen LogP contribution in [-0.2, 0) is 9.53 Å². The van der Waals surface area contributed by atoms with Gasteiger partial charge in [0, 0.05) is 28.8 Å². The highest BCUT2D eigenvalue weighted by Gasteiger charge is 2.34. The van der Waals surface area contributed by atoms with Gasteiger partial charge in [-0.05, 0) is 56.2 Å². The van der Waals surface area contributed by atoms with Gasteiger partial charge in [0.25, 0.3) is 16.8 Å². The maximum Gasteiger partial charge on any atom is 0.338 e. The van der Waals surface area contributed by atoms with Gasteiger partial charge < -0.3 is 19.2 Å². The molecule has 0 spiro atoms. The van der Waals surface area contributed by atoms with E-state index in [1.165, 1.54) is 49.1 Å². The lowest BCUT2D eigenvalue weighted by molar-refractivity contribution is -0.384. The van der Waals surface area contributed by atoms with E-state index < -0.39 is 22.5 Å². The molecule has 0 aliphatic carbocycles. The molecule has 0 unspecified atom stereocenters. The van der Waals surface area contributed by atoms with E-state index in [4.69, 9.17) is 14.2 Å². The Hall–Kier alpha value is -5.02. The molecule has 13 nitrogen and oxygen atoms in total. The summed E-state index contributed by atoms with van der Waals surface area (Å²) < 4.78 is 17.8. The van der Waals surface area contributed by atoms with Crippen molar-refractivity contribution in [1.82, 2.24) is 14.5 Å². The predicted molar refractivity (Wildman–Crippen MR) is 167 cm³/mol. The maximum atomic E-state index is 14.1. The van der Waals surface area contributed by atoms with Crippen molar-refractivity contribution in [3.05, 3.63) is 111 Å². The molecule has 3 heterocycles. The van der Waals surface area contributed by atoms with Crippen molar-refractivity contribution in [2.24, 2.45) is 4.99 Å². The van der Waals surface area contributed by atoms with E-state index >= 15 is 0 Å². The van der Waals surface area contributed by atoms with Gasteiger partial charge in [-0.3, -0.25) is 24.3 Å². The van der Waals surface area contributed by atoms with Gasteiger partial charge in [-0.15, -0.1) is 0 Å². The summed E-state index contributed by atoms with van der Waals surface area (Å²) in [4.78, 5) is 62.9. The Labute approximate surface area is 263 Å². The van der Waals surface area contributed by atoms with E-state index in [1.807, 2.05) is 0 Å². The van der Waals surface area contributed by atoms with Gasteiger partial charge in [0.2, 0.25) is 0 Å². The lowest BCUT2D eigenvalue weighted by Gasteiger charge is -2.25. The Morgan fingerprint density at radius 2 is 1.89 bits per heavy atom. The first-order valence-corrected chi connectivity index (χ1v) is 15.1. The number of fused-ring (bicyclic) bond motifs is 1. The zero-order chi connectivity index (χ0) is 32.4. The van der Waals surface area contributed by atoms with Crippen LogP contribution in [-0.4, -0.2) is 46.3 Å². The number of aromatic nitrogens is 3. The summed E-state index contributed by atoms with van der Waals surface area (Å²) >= 11 is 2.17. The maximum absolute atomic E-state index is 14.1. The minimum atomic E-state index is -0.914. The molecule has 1 atom stereocenters. The fraction of sp³-hybridized carbons (Fsp3) is 0.233. The van der Waals surface area contributed by atoms with Gasteiger partial charge in [-0.2, -0.15) is 0 Å². The number of H-pyrrole nitrogens is 1. The first-order valence-electron chi connectivity index (χ1n) is 13.5. The molecule has 232 valence electrons. The number of nitro groups is 1. The molecule has 0 radical (unpaired) electrons. The quantitative estimate of drug-likeness (QED) is 0.123. The second-order valence-electron chi connectivity index (χ2n) is 9.69. The molecular weight excluding hydrogens is 622 g/mol. The predicted octanol–water partition coefficient (Wildman–Crippen LogP) is 3.27. The Morgan fingerprint density at radius 3 is 2.56 bits per heavy atom. The summed E-state index contributed by atoms with van der Waals surface area (Å²) in [6.07, 6.45) is 1.53. The number of carbonyl (C=O) groups excluding carboxylic acids is 1. The SMILES string of the molecule is CCOC(=O)C1=C(C)N=c2s/c(=C/c3cc([N+](=O)[O-])ccc3Sc3nc(C)cc(=O)[nH]3)c(=O)n2[C@H]1c1ccc(OC)c(OC)c1. The zero-order valence-corrected chi connectivity index (χ0v) is 26.4. The van der Waals surface area contributed by atoms with Gasteiger partial charge in [-0.25, -0.2) is 14.8 Å². The van der Waals surface area contributed by atoms with Crippen LogP contribution in [0.4, 0.5) is 5.69 Å². The standard InChI is InChI=1S/C30H27N5O8S2/c1-6-43-28(38)25-16(3)32-30-34(26(25)17-7-9-20(41-4)21(13-17)42-5)27(37)23(45-30)14-18-12-19(35(39)40)8-10-22(18)44-29-31-15(2)11-24(36)33-29/h7-14,26H,6H2,1-5H3,(H,31,33,36)/b23-14+/t26-/m0/s1. The molecular formula is C30H27N5O8S2. The van der Waals surface area contributed by atoms with Crippen molar-refractivity contribution in [2.45, 2.75) is 36.9 Å². The first-order chi connectivity index (χ1) is 21.5. The van der Waals surface area contributed by atoms with Crippen molar-refractivity contribution in [3.8, 4) is 11.5 Å². The number of non-ortho nitro benzene ring substituents is 1. The number of rotatable bonds is 9. The smallest absolute Gasteiger partial charge is 0.338 e. The third kappa shape index (κ3) is 6.30. The number of carbonyl (C=O) groups is 1. The van der Waals surface area contributed by atoms with E-state index in [0.29, 0.717) is 43.7 Å². The van der Waals surface area contributed by atoms with Crippen LogP contribution < -0.4 is 29.9 Å². The summed E-state index contributed by atoms with van der Waals surface area (Å²) in [6, 6.07) is 9.74. The van der Waals surface area contributed by atoms with Gasteiger partial charge in [0.15, 0.2) is 21.5 Å². The third-order valence-electron chi connectivity index (χ3n) is 6.79. The number of nitrogens with one attached hydrogen (secondary N) is 1. The highest BCUT2D eigenvalue weighted by atomic mass is 32.2. The number of aryl methyl sites for hydroxylation is 1. The van der Waals surface area contributed by atoms with E-state index in [9.17, 15) is 24.5 Å². The van der Waals surface area contributed by atoms with Crippen LogP contribution in [0.2, 0.25) is 0 Å². The highest BCUT2D eigenvalue weighted by Crippen LogP contribution is 2.36. The van der Waals surface area contributed by atoms with E-state index in [1.54, 1.807) is 39.0 Å². The lowest BCUT2D eigenvalue weighted by Crippen LogP contribution is -2.40. The molecule has 0 amide bonds. The Kier molecular flexibility index (Phi) is 9.01. The number of benzene rings is 2. The molecule has 0 saturated carbocycles. The number of ether oxygens (including phenoxy) is 3. The van der Waals surface area contributed by atoms with Gasteiger partial charge >= 0.3 is 5.97 Å². The minimum absolute atomic E-state index is 0.118. The topological polar surface area (TPSA) is 168 Å². The fourth-order valence-corrected chi connectivity index (χ4v) is 6.79. The molecule has 0 saturated heterocycles. The molecule has 0 fully saturated rings. The molecule has 1 aliphatic rings. The second kappa shape index (κ2) is 12.9. The van der Waals surface area contributed by atoms with Crippen LogP contribution in [0.5, 0.6) is 11.5 Å². The fourth-order valence-electron chi connectivity index (χ4n) is 4.83. The molecule has 1 N–H and O–H groups in total. The molecule has 0 bridgehead atoms. The van der Waals surface area contributed by atoms with Gasteiger partial charge in [0.1, 0.15) is 0 Å². The monoisotopic (exact) mass is 649 g/mol. The number of aromatic amines is 1. The number of esters is 1. The average Bonchev–Trinajstić information content (AvgIpc) is 3.30. The van der Waals surface area contributed by atoms with Crippen molar-refractivity contribution >= 4 is 40.8 Å². The van der Waals surface area contributed by atoms with Crippen LogP contribution in [0, 0.1) is 17.0 Å². The minimum Gasteiger partial charge on any atom is -0.493 e. The summed E-state index contributed by atoms with van der Waals surface area (Å²) in [5.74, 6) is 0.244. The van der Waals surface area contributed by atoms with Crippen molar-refractivity contribution in [3.63, 3.8) is 0 Å². The number of allylic oxidation sites excluding steroid dienone is 1. The Bertz CT molecular complexity index is 2120. The Balaban J connectivity index is 1.73. The highest BCUT2D eigenvalue weighted by molar-refractivity contribution is 7.99. The van der Waals surface area contributed by atoms with E-state index in [-0.39, 0.29) is 33.1 Å². The lowest BCUT2D eigenvalue weighted by atomic mass is 9.95. The third-order valence-corrected chi connectivity index (χ3v) is 8.75. The van der Waals surface area contributed by atoms with Crippen LogP contribution >= 0.6 is 23.1 Å². The molecule has 1 aliphatic heterocycles. The number of methoxy groups -OCH3 is 2. The largest absolute Gasteiger partial charge is 0.493 e. The Morgan fingerprint density at radius 1 is 1.13 bits per heavy atom. The number of nitrogens with zero attached hydrogens (tertiary/aromatic N) is 4. The summed E-state index contributed by atoms with van der Waals surface area (Å²) in [7, 11) is 2.98. The second-order valence-corrected chi connectivity index (χ2v) is 11.7. The van der Waals surface area contributed by atoms with Crippen LogP contribution in [0.15, 0.2) is 78.4 Å². The summed E-state index contributed by atoms with van der Waals surface area (Å²) in [6.45, 7) is 5.15. The first kappa shape index (κ1) is 31.4. The van der Waals surface area contributed by atoms with Crippen LogP contribution in [0.3, 0.4) is 0 Å². The molecule has 2 aromatic heterocycles. The number of thiazole rings is 1. The van der Waals surface area contributed by atoms with Crippen molar-refractivity contribution in [1.29, 1.82) is 0 Å². The van der Waals surface area contributed by atoms with E-state index in [2.05, 4.69) is 15.0 Å². The number of hydrogen-bond donors (Lipinski definition) is 1. The van der Waals surface area contributed by atoms with Gasteiger partial charge in [-0.1, -0.05) is 29.2 Å². The van der Waals surface area contributed by atoms with Gasteiger partial charge in [0.05, 0.1) is 47.6 Å². The normalized spacial score (nSPS) is 14.5. The molecule has 5 rings (SSSR count). The van der Waals surface area contributed by atoms with Crippen LogP contribution in [0.25, 0.3) is 6.08 Å². The average molecular weight is 650 g/mol. The zero-order valence-electron chi connectivity index (χ0n) is 24.8.